The maximum Gasteiger partial charge on any atom is 0.160 e. The summed E-state index contributed by atoms with van der Waals surface area (Å²) in [6.45, 7) is 2.19. The standard InChI is InChI=1S/C55H37N3O/c1-36-17-15-30-51-52(36)46-35-50(53-45-27-12-14-29-48(45)58(54(53)55(46)59-51)40-23-9-4-10-24-40)56(41-25-16-20-38(33-41)37-18-5-2-6-19-37)42-31-32-44-43-26-11-13-28-47(43)57(49(44)34-42)39-21-7-3-8-22-39/h2-35H,1H3. The third kappa shape index (κ3) is 5.10. The van der Waals surface area contributed by atoms with Gasteiger partial charge in [0.2, 0.25) is 0 Å². The van der Waals surface area contributed by atoms with Crippen molar-refractivity contribution >= 4 is 82.6 Å². The molecule has 3 heterocycles. The van der Waals surface area contributed by atoms with E-state index in [0.717, 1.165) is 83.3 Å². The molecule has 0 saturated heterocycles. The number of hydrogen-bond donors (Lipinski definition) is 0. The number of hydrogen-bond acceptors (Lipinski definition) is 2. The molecule has 4 nitrogen and oxygen atoms in total. The SMILES string of the molecule is Cc1cccc2oc3c(cc(N(c4cccc(-c5ccccc5)c4)c4ccc5c6ccccc6n(-c6ccccc6)c5c4)c4c5ccccc5n(-c5ccccc5)c34)c12. The molecule has 278 valence electrons. The summed E-state index contributed by atoms with van der Waals surface area (Å²) in [5.41, 5.74) is 15.2. The van der Waals surface area contributed by atoms with Crippen LogP contribution in [0.25, 0.3) is 88.1 Å². The van der Waals surface area contributed by atoms with Crippen LogP contribution in [0.15, 0.2) is 211 Å². The Morgan fingerprint density at radius 2 is 1.00 bits per heavy atom. The Hall–Kier alpha value is -7.82. The van der Waals surface area contributed by atoms with Gasteiger partial charge in [-0.3, -0.25) is 0 Å². The van der Waals surface area contributed by atoms with Gasteiger partial charge in [-0.1, -0.05) is 133 Å². The second kappa shape index (κ2) is 13.1. The van der Waals surface area contributed by atoms with Gasteiger partial charge in [-0.15, -0.1) is 0 Å². The Bertz CT molecular complexity index is 3560. The molecule has 0 bridgehead atoms. The van der Waals surface area contributed by atoms with Crippen LogP contribution in [0.5, 0.6) is 0 Å². The van der Waals surface area contributed by atoms with Gasteiger partial charge in [0, 0.05) is 55.1 Å². The monoisotopic (exact) mass is 755 g/mol. The van der Waals surface area contributed by atoms with E-state index in [0.29, 0.717) is 0 Å². The van der Waals surface area contributed by atoms with Gasteiger partial charge in [0.15, 0.2) is 5.58 Å². The zero-order valence-electron chi connectivity index (χ0n) is 32.4. The second-order valence-electron chi connectivity index (χ2n) is 15.4. The third-order valence-electron chi connectivity index (χ3n) is 12.0. The molecule has 3 aromatic heterocycles. The van der Waals surface area contributed by atoms with Gasteiger partial charge in [-0.25, -0.2) is 0 Å². The van der Waals surface area contributed by atoms with Gasteiger partial charge in [0.05, 0.1) is 27.8 Å². The molecule has 9 aromatic carbocycles. The minimum atomic E-state index is 0.880. The third-order valence-corrected chi connectivity index (χ3v) is 12.0. The van der Waals surface area contributed by atoms with Crippen LogP contribution in [-0.4, -0.2) is 9.13 Å². The van der Waals surface area contributed by atoms with Crippen molar-refractivity contribution in [1.29, 1.82) is 0 Å². The molecule has 0 aliphatic heterocycles. The van der Waals surface area contributed by atoms with Crippen LogP contribution >= 0.6 is 0 Å². The predicted molar refractivity (Wildman–Crippen MR) is 247 cm³/mol. The van der Waals surface area contributed by atoms with Gasteiger partial charge < -0.3 is 18.5 Å². The fourth-order valence-electron chi connectivity index (χ4n) is 9.44. The van der Waals surface area contributed by atoms with Crippen molar-refractivity contribution in [3.8, 4) is 22.5 Å². The summed E-state index contributed by atoms with van der Waals surface area (Å²) in [6.07, 6.45) is 0. The molecule has 12 aromatic rings. The minimum absolute atomic E-state index is 0.880. The van der Waals surface area contributed by atoms with Gasteiger partial charge in [-0.2, -0.15) is 0 Å². The fraction of sp³-hybridized carbons (Fsp3) is 0.0182. The Kier molecular flexibility index (Phi) is 7.41. The number of furan rings is 1. The molecule has 4 heteroatoms. The van der Waals surface area contributed by atoms with Crippen LogP contribution in [0.3, 0.4) is 0 Å². The van der Waals surface area contributed by atoms with Crippen molar-refractivity contribution in [3.05, 3.63) is 212 Å². The molecule has 0 aliphatic carbocycles. The zero-order valence-corrected chi connectivity index (χ0v) is 32.4. The molecule has 0 N–H and O–H groups in total. The molecular formula is C55H37N3O. The van der Waals surface area contributed by atoms with E-state index in [2.05, 4.69) is 227 Å². The first kappa shape index (κ1) is 33.3. The summed E-state index contributed by atoms with van der Waals surface area (Å²) in [6, 6.07) is 74.3. The number of anilines is 3. The summed E-state index contributed by atoms with van der Waals surface area (Å²) in [5.74, 6) is 0. The van der Waals surface area contributed by atoms with E-state index in [1.54, 1.807) is 0 Å². The highest BCUT2D eigenvalue weighted by molar-refractivity contribution is 6.27. The van der Waals surface area contributed by atoms with E-state index in [1.807, 2.05) is 0 Å². The average Bonchev–Trinajstić information content (AvgIpc) is 3.96. The first-order valence-electron chi connectivity index (χ1n) is 20.2. The molecule has 0 aliphatic rings. The number of aryl methyl sites for hydroxylation is 1. The quantitative estimate of drug-likeness (QED) is 0.169. The molecule has 0 atom stereocenters. The summed E-state index contributed by atoms with van der Waals surface area (Å²) < 4.78 is 11.8. The lowest BCUT2D eigenvalue weighted by Gasteiger charge is -2.27. The number of benzene rings is 9. The van der Waals surface area contributed by atoms with Crippen LogP contribution < -0.4 is 4.90 Å². The van der Waals surface area contributed by atoms with Gasteiger partial charge in [0.1, 0.15) is 5.58 Å². The Labute approximate surface area is 341 Å². The minimum Gasteiger partial charge on any atom is -0.454 e. The highest BCUT2D eigenvalue weighted by atomic mass is 16.3. The highest BCUT2D eigenvalue weighted by Gasteiger charge is 2.27. The van der Waals surface area contributed by atoms with Crippen LogP contribution in [0.2, 0.25) is 0 Å². The molecule has 59 heavy (non-hydrogen) atoms. The fourth-order valence-corrected chi connectivity index (χ4v) is 9.44. The molecule has 0 amide bonds. The van der Waals surface area contributed by atoms with Gasteiger partial charge in [0.25, 0.3) is 0 Å². The topological polar surface area (TPSA) is 26.2 Å². The molecule has 12 rings (SSSR count). The van der Waals surface area contributed by atoms with E-state index < -0.39 is 0 Å². The van der Waals surface area contributed by atoms with E-state index in [9.17, 15) is 0 Å². The lowest BCUT2D eigenvalue weighted by Crippen LogP contribution is -2.11. The predicted octanol–water partition coefficient (Wildman–Crippen LogP) is 15.2. The average molecular weight is 756 g/mol. The lowest BCUT2D eigenvalue weighted by molar-refractivity contribution is 0.671. The molecule has 0 radical (unpaired) electrons. The van der Waals surface area contributed by atoms with Crippen molar-refractivity contribution in [1.82, 2.24) is 9.13 Å². The van der Waals surface area contributed by atoms with Crippen molar-refractivity contribution in [2.24, 2.45) is 0 Å². The van der Waals surface area contributed by atoms with Crippen molar-refractivity contribution < 1.29 is 4.42 Å². The van der Waals surface area contributed by atoms with Crippen molar-refractivity contribution in [2.45, 2.75) is 6.92 Å². The number of fused-ring (bicyclic) bond motifs is 10. The summed E-state index contributed by atoms with van der Waals surface area (Å²) in [4.78, 5) is 2.47. The summed E-state index contributed by atoms with van der Waals surface area (Å²) >= 11 is 0. The normalized spacial score (nSPS) is 11.8. The molecule has 0 spiro atoms. The number of nitrogens with zero attached hydrogens (tertiary/aromatic N) is 3. The second-order valence-corrected chi connectivity index (χ2v) is 15.4. The lowest BCUT2D eigenvalue weighted by atomic mass is 10.0. The molecule has 0 fully saturated rings. The van der Waals surface area contributed by atoms with Crippen LogP contribution in [0.4, 0.5) is 17.1 Å². The summed E-state index contributed by atoms with van der Waals surface area (Å²) in [5, 5.41) is 6.94. The molecule has 0 saturated carbocycles. The number of para-hydroxylation sites is 4. The van der Waals surface area contributed by atoms with Crippen molar-refractivity contribution in [3.63, 3.8) is 0 Å². The zero-order chi connectivity index (χ0) is 39.0. The maximum absolute atomic E-state index is 6.97. The highest BCUT2D eigenvalue weighted by Crippen LogP contribution is 2.50. The van der Waals surface area contributed by atoms with E-state index >= 15 is 0 Å². The van der Waals surface area contributed by atoms with Gasteiger partial charge >= 0.3 is 0 Å². The van der Waals surface area contributed by atoms with Crippen LogP contribution in [0.1, 0.15) is 5.56 Å². The van der Waals surface area contributed by atoms with Crippen molar-refractivity contribution in [2.75, 3.05) is 4.90 Å². The smallest absolute Gasteiger partial charge is 0.160 e. The first-order valence-corrected chi connectivity index (χ1v) is 20.2. The number of aromatic nitrogens is 2. The Morgan fingerprint density at radius 3 is 1.76 bits per heavy atom. The van der Waals surface area contributed by atoms with Crippen LogP contribution in [-0.2, 0) is 0 Å². The largest absolute Gasteiger partial charge is 0.454 e. The maximum atomic E-state index is 6.97. The van der Waals surface area contributed by atoms with E-state index in [-0.39, 0.29) is 0 Å². The molecule has 0 unspecified atom stereocenters. The Balaban J connectivity index is 1.25. The Morgan fingerprint density at radius 1 is 0.407 bits per heavy atom. The van der Waals surface area contributed by atoms with Crippen LogP contribution in [0, 0.1) is 6.92 Å². The van der Waals surface area contributed by atoms with Gasteiger partial charge in [-0.05, 0) is 96.4 Å². The molecular weight excluding hydrogens is 719 g/mol. The van der Waals surface area contributed by atoms with E-state index in [1.165, 1.54) is 27.4 Å². The first-order chi connectivity index (χ1) is 29.2. The van der Waals surface area contributed by atoms with E-state index in [4.69, 9.17) is 4.42 Å². The number of rotatable bonds is 6. The summed E-state index contributed by atoms with van der Waals surface area (Å²) in [7, 11) is 0.